The quantitative estimate of drug-likeness (QED) is 0.490. The van der Waals surface area contributed by atoms with Crippen LogP contribution in [0.15, 0.2) is 24.7 Å². The molecule has 2 aliphatic heterocycles. The highest BCUT2D eigenvalue weighted by molar-refractivity contribution is 6.08. The van der Waals surface area contributed by atoms with Gasteiger partial charge in [0, 0.05) is 26.9 Å². The molecule has 3 aromatic rings. The molecule has 0 aromatic carbocycles. The number of fused-ring (bicyclic) bond motifs is 3. The molecule has 0 radical (unpaired) electrons. The number of halogens is 2. The van der Waals surface area contributed by atoms with Gasteiger partial charge in [0.15, 0.2) is 11.3 Å². The van der Waals surface area contributed by atoms with Gasteiger partial charge in [-0.15, -0.1) is 0 Å². The maximum absolute atomic E-state index is 13.9. The first-order chi connectivity index (χ1) is 17.9. The molecule has 200 valence electrons. The van der Waals surface area contributed by atoms with Crippen LogP contribution in [0.1, 0.15) is 82.3 Å². The topological polar surface area (TPSA) is 89.6 Å². The molecule has 2 bridgehead atoms. The molecule has 2 atom stereocenters. The van der Waals surface area contributed by atoms with Crippen molar-refractivity contribution in [1.82, 2.24) is 24.4 Å². The van der Waals surface area contributed by atoms with Gasteiger partial charge in [-0.1, -0.05) is 13.8 Å². The summed E-state index contributed by atoms with van der Waals surface area (Å²) in [5.74, 6) is 1.48. The Morgan fingerprint density at radius 1 is 1.14 bits per heavy atom. The second kappa shape index (κ2) is 9.66. The Hall–Kier alpha value is -3.08. The molecule has 37 heavy (non-hydrogen) atoms. The van der Waals surface area contributed by atoms with Crippen molar-refractivity contribution in [2.75, 3.05) is 23.3 Å². The van der Waals surface area contributed by atoms with Gasteiger partial charge in [0.05, 0.1) is 30.1 Å². The predicted molar refractivity (Wildman–Crippen MR) is 136 cm³/mol. The molecule has 9 nitrogen and oxygen atoms in total. The summed E-state index contributed by atoms with van der Waals surface area (Å²) in [6.45, 7) is 5.96. The lowest BCUT2D eigenvalue weighted by Crippen LogP contribution is -2.43. The third-order valence-electron chi connectivity index (χ3n) is 8.24. The molecule has 1 N–H and O–H groups in total. The van der Waals surface area contributed by atoms with Gasteiger partial charge in [-0.3, -0.25) is 9.48 Å². The van der Waals surface area contributed by atoms with Crippen LogP contribution < -0.4 is 10.2 Å². The SMILES string of the molecule is CC(C)C1CCC(n2cc(NC(=O)c3cnn4ccc(N5C[C@H]6CC[C@@H](C5)O6)nc34)c(C(F)F)n2)CC1.[HH]. The van der Waals surface area contributed by atoms with Crippen LogP contribution in [0.25, 0.3) is 5.65 Å². The Labute approximate surface area is 215 Å². The number of carbonyl (C=O) groups is 1. The van der Waals surface area contributed by atoms with Gasteiger partial charge in [0.1, 0.15) is 11.4 Å². The molecule has 6 rings (SSSR count). The Morgan fingerprint density at radius 3 is 2.54 bits per heavy atom. The fourth-order valence-electron chi connectivity index (χ4n) is 6.07. The summed E-state index contributed by atoms with van der Waals surface area (Å²) >= 11 is 0. The van der Waals surface area contributed by atoms with Gasteiger partial charge in [-0.25, -0.2) is 18.3 Å². The molecule has 1 saturated carbocycles. The lowest BCUT2D eigenvalue weighted by atomic mass is 9.80. The first kappa shape index (κ1) is 24.3. The average Bonchev–Trinajstić information content (AvgIpc) is 3.60. The number of morpholine rings is 1. The van der Waals surface area contributed by atoms with Crippen molar-refractivity contribution in [3.63, 3.8) is 0 Å². The molecule has 5 heterocycles. The minimum Gasteiger partial charge on any atom is -0.371 e. The first-order valence-electron chi connectivity index (χ1n) is 13.3. The van der Waals surface area contributed by atoms with Gasteiger partial charge < -0.3 is 15.0 Å². The van der Waals surface area contributed by atoms with E-state index in [1.165, 1.54) is 10.7 Å². The van der Waals surface area contributed by atoms with E-state index < -0.39 is 18.0 Å². The molecule has 3 fully saturated rings. The monoisotopic (exact) mass is 515 g/mol. The minimum atomic E-state index is -2.80. The van der Waals surface area contributed by atoms with Crippen LogP contribution in [-0.4, -0.2) is 55.6 Å². The van der Waals surface area contributed by atoms with Crippen molar-refractivity contribution in [3.8, 4) is 0 Å². The summed E-state index contributed by atoms with van der Waals surface area (Å²) in [7, 11) is 0. The first-order valence-corrected chi connectivity index (χ1v) is 13.3. The van der Waals surface area contributed by atoms with Crippen molar-refractivity contribution in [3.05, 3.63) is 35.9 Å². The highest BCUT2D eigenvalue weighted by Crippen LogP contribution is 2.37. The second-order valence-corrected chi connectivity index (χ2v) is 11.0. The lowest BCUT2D eigenvalue weighted by Gasteiger charge is -2.32. The maximum Gasteiger partial charge on any atom is 0.284 e. The average molecular weight is 516 g/mol. The van der Waals surface area contributed by atoms with Crippen LogP contribution in [-0.2, 0) is 4.74 Å². The van der Waals surface area contributed by atoms with Crippen molar-refractivity contribution in [2.24, 2.45) is 11.8 Å². The number of amides is 1. The van der Waals surface area contributed by atoms with Crippen LogP contribution >= 0.6 is 0 Å². The fraction of sp³-hybridized carbons (Fsp3) is 0.615. The number of rotatable bonds is 6. The van der Waals surface area contributed by atoms with Crippen LogP contribution in [0.4, 0.5) is 20.3 Å². The Kier molecular flexibility index (Phi) is 6.34. The largest absolute Gasteiger partial charge is 0.371 e. The van der Waals surface area contributed by atoms with Gasteiger partial charge >= 0.3 is 0 Å². The van der Waals surface area contributed by atoms with E-state index in [1.807, 2.05) is 6.07 Å². The van der Waals surface area contributed by atoms with Crippen molar-refractivity contribution >= 4 is 23.1 Å². The molecule has 2 saturated heterocycles. The zero-order valence-corrected chi connectivity index (χ0v) is 21.2. The normalized spacial score (nSPS) is 25.9. The summed E-state index contributed by atoms with van der Waals surface area (Å²) < 4.78 is 36.8. The van der Waals surface area contributed by atoms with Crippen molar-refractivity contribution in [2.45, 2.75) is 77.0 Å². The van der Waals surface area contributed by atoms with E-state index >= 15 is 0 Å². The molecular formula is C26H35F2N7O2. The van der Waals surface area contributed by atoms with Crippen LogP contribution in [0.2, 0.25) is 0 Å². The van der Waals surface area contributed by atoms with E-state index in [-0.39, 0.29) is 30.9 Å². The standard InChI is InChI=1S/C26H33F2N7O2.H2/c1-15(2)16-3-5-17(6-4-16)35-14-21(23(32-35)24(27)28)30-26(36)20-11-29-34-10-9-22(31-25(20)34)33-12-18-7-8-19(13-33)37-18;/h9-11,14-19,24H,3-8,12-13H2,1-2H3,(H,30,36);1H/t16?,17?,18-,19+;. The Morgan fingerprint density at radius 2 is 1.86 bits per heavy atom. The number of hydrogen-bond acceptors (Lipinski definition) is 6. The van der Waals surface area contributed by atoms with E-state index in [9.17, 15) is 13.6 Å². The smallest absolute Gasteiger partial charge is 0.284 e. The maximum atomic E-state index is 13.9. The van der Waals surface area contributed by atoms with Crippen LogP contribution in [0.5, 0.6) is 0 Å². The van der Waals surface area contributed by atoms with Gasteiger partial charge in [-0.2, -0.15) is 10.2 Å². The predicted octanol–water partition coefficient (Wildman–Crippen LogP) is 5.12. The van der Waals surface area contributed by atoms with E-state index in [1.54, 1.807) is 17.1 Å². The Bertz CT molecular complexity index is 1280. The fourth-order valence-corrected chi connectivity index (χ4v) is 6.07. The number of carbonyl (C=O) groups excluding carboxylic acids is 1. The van der Waals surface area contributed by atoms with E-state index in [2.05, 4.69) is 34.3 Å². The highest BCUT2D eigenvalue weighted by Gasteiger charge is 2.34. The molecule has 3 aromatic heterocycles. The second-order valence-electron chi connectivity index (χ2n) is 11.0. The third-order valence-corrected chi connectivity index (χ3v) is 8.24. The van der Waals surface area contributed by atoms with E-state index in [0.29, 0.717) is 17.5 Å². The van der Waals surface area contributed by atoms with Crippen molar-refractivity contribution < 1.29 is 19.7 Å². The Balaban J connectivity index is 0.00000294. The molecule has 11 heteroatoms. The number of anilines is 2. The molecule has 1 amide bonds. The zero-order valence-electron chi connectivity index (χ0n) is 21.2. The molecular weight excluding hydrogens is 480 g/mol. The van der Waals surface area contributed by atoms with Gasteiger partial charge in [0.2, 0.25) is 0 Å². The summed E-state index contributed by atoms with van der Waals surface area (Å²) in [5.41, 5.74) is 0.231. The van der Waals surface area contributed by atoms with E-state index in [4.69, 9.17) is 9.72 Å². The highest BCUT2D eigenvalue weighted by atomic mass is 19.3. The van der Waals surface area contributed by atoms with E-state index in [0.717, 1.165) is 57.4 Å². The molecule has 1 aliphatic carbocycles. The molecule has 0 unspecified atom stereocenters. The summed E-state index contributed by atoms with van der Waals surface area (Å²) in [6, 6.07) is 1.93. The number of nitrogens with one attached hydrogen (secondary N) is 1. The number of ether oxygens (including phenoxy) is 1. The number of aromatic nitrogens is 5. The third kappa shape index (κ3) is 4.69. The lowest BCUT2D eigenvalue weighted by molar-refractivity contribution is 0.0302. The summed E-state index contributed by atoms with van der Waals surface area (Å²) in [6.07, 6.45) is 8.32. The number of nitrogens with zero attached hydrogens (tertiary/aromatic N) is 6. The molecule has 3 aliphatic rings. The number of alkyl halides is 2. The number of hydrogen-bond donors (Lipinski definition) is 1. The van der Waals surface area contributed by atoms with Gasteiger partial charge in [0.25, 0.3) is 12.3 Å². The summed E-state index contributed by atoms with van der Waals surface area (Å²) in [4.78, 5) is 20.1. The van der Waals surface area contributed by atoms with Crippen LogP contribution in [0.3, 0.4) is 0 Å². The van der Waals surface area contributed by atoms with Crippen molar-refractivity contribution in [1.29, 1.82) is 0 Å². The minimum absolute atomic E-state index is 0. The van der Waals surface area contributed by atoms with Crippen LogP contribution in [0, 0.1) is 11.8 Å². The van der Waals surface area contributed by atoms with Gasteiger partial charge in [-0.05, 0) is 56.4 Å². The summed E-state index contributed by atoms with van der Waals surface area (Å²) in [5, 5.41) is 11.1. The zero-order chi connectivity index (χ0) is 25.7. The molecule has 0 spiro atoms.